The van der Waals surface area contributed by atoms with E-state index in [4.69, 9.17) is 9.47 Å². The topological polar surface area (TPSA) is 62.1 Å². The average Bonchev–Trinajstić information content (AvgIpc) is 3.04. The first kappa shape index (κ1) is 12.8. The van der Waals surface area contributed by atoms with Crippen LogP contribution in [0.1, 0.15) is 5.56 Å². The van der Waals surface area contributed by atoms with Crippen LogP contribution in [0.25, 0.3) is 11.4 Å². The first-order chi connectivity index (χ1) is 10.9. The minimum absolute atomic E-state index is 0.538. The molecule has 2 aromatic carbocycles. The van der Waals surface area contributed by atoms with Crippen molar-refractivity contribution in [2.75, 3.05) is 13.2 Å². The molecule has 22 heavy (non-hydrogen) atoms. The second kappa shape index (κ2) is 5.48. The number of ether oxygens (including phenoxy) is 2. The Balaban J connectivity index is 1.55. The van der Waals surface area contributed by atoms with E-state index in [2.05, 4.69) is 15.4 Å². The Bertz CT molecular complexity index is 786. The van der Waals surface area contributed by atoms with Gasteiger partial charge in [0.05, 0.1) is 6.54 Å². The Morgan fingerprint density at radius 1 is 0.955 bits per heavy atom. The standard InChI is InChI=1S/C16H14N4O2/c1-2-4-13(5-3-1)16-17-19-20(18-16)11-12-6-7-14-15(10-12)22-9-8-21-14/h1-7,10H,8-9,11H2. The van der Waals surface area contributed by atoms with Crippen LogP contribution in [0.5, 0.6) is 11.5 Å². The van der Waals surface area contributed by atoms with Gasteiger partial charge in [0, 0.05) is 5.56 Å². The zero-order chi connectivity index (χ0) is 14.8. The normalized spacial score (nSPS) is 13.1. The summed E-state index contributed by atoms with van der Waals surface area (Å²) in [6.45, 7) is 1.71. The molecule has 1 aliphatic heterocycles. The maximum absolute atomic E-state index is 5.59. The lowest BCUT2D eigenvalue weighted by Crippen LogP contribution is -2.15. The van der Waals surface area contributed by atoms with Gasteiger partial charge in [-0.3, -0.25) is 0 Å². The summed E-state index contributed by atoms with van der Waals surface area (Å²) in [6.07, 6.45) is 0. The van der Waals surface area contributed by atoms with E-state index in [0.29, 0.717) is 25.6 Å². The zero-order valence-corrected chi connectivity index (χ0v) is 11.8. The molecular weight excluding hydrogens is 280 g/mol. The van der Waals surface area contributed by atoms with Gasteiger partial charge in [-0.25, -0.2) is 0 Å². The van der Waals surface area contributed by atoms with E-state index in [1.54, 1.807) is 4.80 Å². The van der Waals surface area contributed by atoms with Crippen molar-refractivity contribution in [3.8, 4) is 22.9 Å². The summed E-state index contributed by atoms with van der Waals surface area (Å²) >= 11 is 0. The molecule has 110 valence electrons. The number of rotatable bonds is 3. The van der Waals surface area contributed by atoms with Crippen LogP contribution < -0.4 is 9.47 Å². The van der Waals surface area contributed by atoms with Crippen molar-refractivity contribution in [2.24, 2.45) is 0 Å². The van der Waals surface area contributed by atoms with Crippen LogP contribution in [0.3, 0.4) is 0 Å². The smallest absolute Gasteiger partial charge is 0.204 e. The first-order valence-electron chi connectivity index (χ1n) is 7.10. The lowest BCUT2D eigenvalue weighted by molar-refractivity contribution is 0.171. The minimum atomic E-state index is 0.538. The van der Waals surface area contributed by atoms with Gasteiger partial charge in [-0.2, -0.15) is 4.80 Å². The number of benzene rings is 2. The van der Waals surface area contributed by atoms with Crippen LogP contribution in [0.4, 0.5) is 0 Å². The Kier molecular flexibility index (Phi) is 3.19. The molecule has 6 heteroatoms. The Morgan fingerprint density at radius 2 is 1.77 bits per heavy atom. The molecule has 1 aliphatic rings. The van der Waals surface area contributed by atoms with Gasteiger partial charge in [0.25, 0.3) is 0 Å². The molecule has 0 saturated carbocycles. The highest BCUT2D eigenvalue weighted by atomic mass is 16.6. The van der Waals surface area contributed by atoms with Gasteiger partial charge < -0.3 is 9.47 Å². The highest BCUT2D eigenvalue weighted by Gasteiger charge is 2.12. The summed E-state index contributed by atoms with van der Waals surface area (Å²) < 4.78 is 11.1. The molecule has 0 amide bonds. The first-order valence-corrected chi connectivity index (χ1v) is 7.10. The molecule has 0 fully saturated rings. The largest absolute Gasteiger partial charge is 0.486 e. The molecule has 4 rings (SSSR count). The third-order valence-electron chi connectivity index (χ3n) is 3.42. The Labute approximate surface area is 127 Å². The fourth-order valence-electron chi connectivity index (χ4n) is 2.36. The van der Waals surface area contributed by atoms with E-state index in [0.717, 1.165) is 22.6 Å². The second-order valence-corrected chi connectivity index (χ2v) is 4.99. The van der Waals surface area contributed by atoms with E-state index in [1.807, 2.05) is 48.5 Å². The number of aromatic nitrogens is 4. The second-order valence-electron chi connectivity index (χ2n) is 4.99. The molecule has 0 N–H and O–H groups in total. The number of hydrogen-bond acceptors (Lipinski definition) is 5. The third kappa shape index (κ3) is 2.50. The molecule has 0 bridgehead atoms. The molecule has 0 spiro atoms. The van der Waals surface area contributed by atoms with Crippen molar-refractivity contribution in [2.45, 2.75) is 6.54 Å². The lowest BCUT2D eigenvalue weighted by Gasteiger charge is -2.18. The molecule has 1 aromatic heterocycles. The summed E-state index contributed by atoms with van der Waals surface area (Å²) in [6, 6.07) is 15.7. The van der Waals surface area contributed by atoms with Crippen molar-refractivity contribution < 1.29 is 9.47 Å². The molecular formula is C16H14N4O2. The predicted octanol–water partition coefficient (Wildman–Crippen LogP) is 2.16. The summed E-state index contributed by atoms with van der Waals surface area (Å²) in [5.41, 5.74) is 2.00. The number of hydrogen-bond donors (Lipinski definition) is 0. The Hall–Kier alpha value is -2.89. The van der Waals surface area contributed by atoms with Gasteiger partial charge in [0.2, 0.25) is 5.82 Å². The molecule has 0 unspecified atom stereocenters. The molecule has 0 saturated heterocycles. The van der Waals surface area contributed by atoms with Gasteiger partial charge in [-0.15, -0.1) is 10.2 Å². The highest BCUT2D eigenvalue weighted by Crippen LogP contribution is 2.30. The van der Waals surface area contributed by atoms with E-state index in [-0.39, 0.29) is 0 Å². The summed E-state index contributed by atoms with van der Waals surface area (Å²) in [5.74, 6) is 2.18. The van der Waals surface area contributed by atoms with E-state index < -0.39 is 0 Å². The number of fused-ring (bicyclic) bond motifs is 1. The third-order valence-corrected chi connectivity index (χ3v) is 3.42. The van der Waals surface area contributed by atoms with E-state index >= 15 is 0 Å². The fourth-order valence-corrected chi connectivity index (χ4v) is 2.36. The van der Waals surface area contributed by atoms with Crippen LogP contribution >= 0.6 is 0 Å². The molecule has 6 nitrogen and oxygen atoms in total. The summed E-state index contributed by atoms with van der Waals surface area (Å²) in [7, 11) is 0. The molecule has 0 atom stereocenters. The minimum Gasteiger partial charge on any atom is -0.486 e. The predicted molar refractivity (Wildman–Crippen MR) is 79.8 cm³/mol. The van der Waals surface area contributed by atoms with Crippen LogP contribution in [0.15, 0.2) is 48.5 Å². The molecule has 2 heterocycles. The quantitative estimate of drug-likeness (QED) is 0.740. The maximum atomic E-state index is 5.59. The van der Waals surface area contributed by atoms with Gasteiger partial charge in [-0.1, -0.05) is 36.4 Å². The van der Waals surface area contributed by atoms with Crippen molar-refractivity contribution in [1.29, 1.82) is 0 Å². The van der Waals surface area contributed by atoms with Crippen molar-refractivity contribution in [1.82, 2.24) is 20.2 Å². The van der Waals surface area contributed by atoms with Crippen LogP contribution in [0.2, 0.25) is 0 Å². The SMILES string of the molecule is c1ccc(-c2nnn(Cc3ccc4c(c3)OCCO4)n2)cc1. The Morgan fingerprint density at radius 3 is 2.64 bits per heavy atom. The number of nitrogens with zero attached hydrogens (tertiary/aromatic N) is 4. The van der Waals surface area contributed by atoms with E-state index in [9.17, 15) is 0 Å². The molecule has 0 aliphatic carbocycles. The number of tetrazole rings is 1. The van der Waals surface area contributed by atoms with Crippen LogP contribution in [-0.4, -0.2) is 33.4 Å². The lowest BCUT2D eigenvalue weighted by atomic mass is 10.2. The van der Waals surface area contributed by atoms with Crippen LogP contribution in [-0.2, 0) is 6.54 Å². The average molecular weight is 294 g/mol. The zero-order valence-electron chi connectivity index (χ0n) is 11.8. The van der Waals surface area contributed by atoms with Gasteiger partial charge in [-0.05, 0) is 22.9 Å². The van der Waals surface area contributed by atoms with Gasteiger partial charge in [0.1, 0.15) is 13.2 Å². The van der Waals surface area contributed by atoms with Crippen LogP contribution in [0, 0.1) is 0 Å². The fraction of sp³-hybridized carbons (Fsp3) is 0.188. The molecule has 0 radical (unpaired) electrons. The van der Waals surface area contributed by atoms with E-state index in [1.165, 1.54) is 0 Å². The monoisotopic (exact) mass is 294 g/mol. The summed E-state index contributed by atoms with van der Waals surface area (Å²) in [5, 5.41) is 12.6. The van der Waals surface area contributed by atoms with Crippen molar-refractivity contribution in [3.05, 3.63) is 54.1 Å². The summed E-state index contributed by atoms with van der Waals surface area (Å²) in [4.78, 5) is 1.58. The maximum Gasteiger partial charge on any atom is 0.204 e. The van der Waals surface area contributed by atoms with Gasteiger partial charge in [0.15, 0.2) is 11.5 Å². The van der Waals surface area contributed by atoms with Gasteiger partial charge >= 0.3 is 0 Å². The molecule has 3 aromatic rings. The van der Waals surface area contributed by atoms with Crippen molar-refractivity contribution in [3.63, 3.8) is 0 Å². The van der Waals surface area contributed by atoms with Crippen molar-refractivity contribution >= 4 is 0 Å². The highest BCUT2D eigenvalue weighted by molar-refractivity contribution is 5.53.